The summed E-state index contributed by atoms with van der Waals surface area (Å²) in [5, 5.41) is 18.5. The second-order valence-electron chi connectivity index (χ2n) is 6.82. The number of carbonyl (C=O) groups is 2. The van der Waals surface area contributed by atoms with Crippen LogP contribution in [0.25, 0.3) is 5.69 Å². The fourth-order valence-corrected chi connectivity index (χ4v) is 2.66. The first-order valence-corrected chi connectivity index (χ1v) is 9.16. The molecule has 0 bridgehead atoms. The van der Waals surface area contributed by atoms with E-state index in [4.69, 9.17) is 5.26 Å². The van der Waals surface area contributed by atoms with Crippen LogP contribution in [0.2, 0.25) is 0 Å². The first-order chi connectivity index (χ1) is 14.4. The van der Waals surface area contributed by atoms with Gasteiger partial charge in [0.2, 0.25) is 0 Å². The van der Waals surface area contributed by atoms with Crippen molar-refractivity contribution in [2.45, 2.75) is 26.4 Å². The zero-order chi connectivity index (χ0) is 21.7. The molecular weight excluding hydrogens is 387 g/mol. The summed E-state index contributed by atoms with van der Waals surface area (Å²) >= 11 is 0. The van der Waals surface area contributed by atoms with Gasteiger partial charge in [0.05, 0.1) is 23.5 Å². The van der Waals surface area contributed by atoms with Gasteiger partial charge in [0.15, 0.2) is 0 Å². The van der Waals surface area contributed by atoms with Gasteiger partial charge in [-0.1, -0.05) is 6.07 Å². The standard InChI is InChI=1S/C21H19FN6O2/c1-13(2)26-21(30)19-5-3-4-18(27-19)20(29)24-10-15-11-25-28(12-15)17-7-14(9-23)6-16(22)8-17/h3-8,11-13H,10H2,1-2H3,(H,24,29)(H,26,30). The molecule has 9 heteroatoms. The Bertz CT molecular complexity index is 1130. The van der Waals surface area contributed by atoms with Gasteiger partial charge in [-0.3, -0.25) is 9.59 Å². The number of rotatable bonds is 6. The predicted molar refractivity (Wildman–Crippen MR) is 106 cm³/mol. The number of amides is 2. The maximum atomic E-state index is 13.6. The maximum absolute atomic E-state index is 13.6. The highest BCUT2D eigenvalue weighted by Crippen LogP contribution is 2.13. The highest BCUT2D eigenvalue weighted by Gasteiger charge is 2.13. The molecule has 0 aliphatic rings. The molecule has 0 unspecified atom stereocenters. The van der Waals surface area contributed by atoms with Gasteiger partial charge in [0.25, 0.3) is 11.8 Å². The van der Waals surface area contributed by atoms with E-state index in [9.17, 15) is 14.0 Å². The first kappa shape index (κ1) is 20.7. The molecule has 2 N–H and O–H groups in total. The molecule has 0 spiro atoms. The number of nitrogens with zero attached hydrogens (tertiary/aromatic N) is 4. The van der Waals surface area contributed by atoms with Crippen LogP contribution in [0.1, 0.15) is 46.0 Å². The normalized spacial score (nSPS) is 10.5. The second kappa shape index (κ2) is 8.96. The summed E-state index contributed by atoms with van der Waals surface area (Å²) in [7, 11) is 0. The summed E-state index contributed by atoms with van der Waals surface area (Å²) in [4.78, 5) is 28.6. The molecule has 0 saturated carbocycles. The van der Waals surface area contributed by atoms with Crippen LogP contribution in [-0.2, 0) is 6.54 Å². The molecule has 0 aliphatic carbocycles. The minimum Gasteiger partial charge on any atom is -0.349 e. The van der Waals surface area contributed by atoms with Crippen LogP contribution < -0.4 is 10.6 Å². The molecule has 30 heavy (non-hydrogen) atoms. The highest BCUT2D eigenvalue weighted by molar-refractivity contribution is 5.96. The summed E-state index contributed by atoms with van der Waals surface area (Å²) < 4.78 is 15.0. The van der Waals surface area contributed by atoms with E-state index in [2.05, 4.69) is 20.7 Å². The van der Waals surface area contributed by atoms with Crippen molar-refractivity contribution in [1.29, 1.82) is 5.26 Å². The van der Waals surface area contributed by atoms with Gasteiger partial charge in [-0.25, -0.2) is 14.1 Å². The molecule has 2 amide bonds. The van der Waals surface area contributed by atoms with Crippen molar-refractivity contribution in [3.8, 4) is 11.8 Å². The SMILES string of the molecule is CC(C)NC(=O)c1cccc(C(=O)NCc2cnn(-c3cc(F)cc(C#N)c3)c2)n1. The van der Waals surface area contributed by atoms with E-state index in [1.807, 2.05) is 19.9 Å². The monoisotopic (exact) mass is 406 g/mol. The number of nitriles is 1. The molecule has 2 heterocycles. The Hall–Kier alpha value is -4.06. The number of hydrogen-bond donors (Lipinski definition) is 2. The van der Waals surface area contributed by atoms with Crippen molar-refractivity contribution in [3.05, 3.63) is 77.1 Å². The molecule has 0 radical (unpaired) electrons. The van der Waals surface area contributed by atoms with Crippen LogP contribution in [0, 0.1) is 17.1 Å². The number of carbonyl (C=O) groups excluding carboxylic acids is 2. The molecule has 3 rings (SSSR count). The van der Waals surface area contributed by atoms with E-state index in [-0.39, 0.29) is 35.4 Å². The summed E-state index contributed by atoms with van der Waals surface area (Å²) in [6.07, 6.45) is 3.15. The number of halogens is 1. The molecule has 3 aromatic rings. The van der Waals surface area contributed by atoms with Crippen molar-refractivity contribution in [2.75, 3.05) is 0 Å². The lowest BCUT2D eigenvalue weighted by molar-refractivity contribution is 0.0936. The topological polar surface area (TPSA) is 113 Å². The molecule has 0 saturated heterocycles. The lowest BCUT2D eigenvalue weighted by Crippen LogP contribution is -2.31. The van der Waals surface area contributed by atoms with Gasteiger partial charge >= 0.3 is 0 Å². The zero-order valence-corrected chi connectivity index (χ0v) is 16.4. The van der Waals surface area contributed by atoms with Crippen LogP contribution in [-0.4, -0.2) is 32.6 Å². The quantitative estimate of drug-likeness (QED) is 0.652. The third-order valence-corrected chi connectivity index (χ3v) is 4.00. The fraction of sp³-hybridized carbons (Fsp3) is 0.190. The zero-order valence-electron chi connectivity index (χ0n) is 16.4. The molecule has 152 valence electrons. The smallest absolute Gasteiger partial charge is 0.270 e. The van der Waals surface area contributed by atoms with E-state index in [0.29, 0.717) is 11.3 Å². The number of hydrogen-bond acceptors (Lipinski definition) is 5. The fourth-order valence-electron chi connectivity index (χ4n) is 2.66. The molecular formula is C21H19FN6O2. The first-order valence-electron chi connectivity index (χ1n) is 9.16. The number of nitrogens with one attached hydrogen (secondary N) is 2. The third kappa shape index (κ3) is 5.05. The van der Waals surface area contributed by atoms with Crippen molar-refractivity contribution in [1.82, 2.24) is 25.4 Å². The van der Waals surface area contributed by atoms with E-state index < -0.39 is 11.7 Å². The summed E-state index contributed by atoms with van der Waals surface area (Å²) in [5.41, 5.74) is 1.52. The Morgan fingerprint density at radius 3 is 2.63 bits per heavy atom. The Labute approximate surface area is 172 Å². The third-order valence-electron chi connectivity index (χ3n) is 4.00. The van der Waals surface area contributed by atoms with Crippen LogP contribution >= 0.6 is 0 Å². The van der Waals surface area contributed by atoms with Crippen molar-refractivity contribution < 1.29 is 14.0 Å². The Morgan fingerprint density at radius 2 is 1.93 bits per heavy atom. The average Bonchev–Trinajstić information content (AvgIpc) is 3.20. The number of pyridine rings is 1. The lowest BCUT2D eigenvalue weighted by atomic mass is 10.2. The van der Waals surface area contributed by atoms with Crippen LogP contribution in [0.5, 0.6) is 0 Å². The van der Waals surface area contributed by atoms with Gasteiger partial charge in [0, 0.05) is 24.3 Å². The Morgan fingerprint density at radius 1 is 1.20 bits per heavy atom. The van der Waals surface area contributed by atoms with E-state index in [0.717, 1.165) is 6.07 Å². The van der Waals surface area contributed by atoms with E-state index in [1.54, 1.807) is 12.3 Å². The average molecular weight is 406 g/mol. The second-order valence-corrected chi connectivity index (χ2v) is 6.82. The highest BCUT2D eigenvalue weighted by atomic mass is 19.1. The molecule has 8 nitrogen and oxygen atoms in total. The predicted octanol–water partition coefficient (Wildman–Crippen LogP) is 2.35. The van der Waals surface area contributed by atoms with Gasteiger partial charge in [-0.05, 0) is 44.2 Å². The number of benzene rings is 1. The minimum absolute atomic E-state index is 0.0457. The van der Waals surface area contributed by atoms with Gasteiger partial charge in [-0.15, -0.1) is 0 Å². The van der Waals surface area contributed by atoms with Gasteiger partial charge in [0.1, 0.15) is 17.2 Å². The number of aromatic nitrogens is 3. The minimum atomic E-state index is -0.540. The van der Waals surface area contributed by atoms with Crippen LogP contribution in [0.4, 0.5) is 4.39 Å². The van der Waals surface area contributed by atoms with Crippen LogP contribution in [0.15, 0.2) is 48.8 Å². The summed E-state index contributed by atoms with van der Waals surface area (Å²) in [6.45, 7) is 3.82. The summed E-state index contributed by atoms with van der Waals surface area (Å²) in [6, 6.07) is 10.4. The maximum Gasteiger partial charge on any atom is 0.270 e. The van der Waals surface area contributed by atoms with Gasteiger partial charge < -0.3 is 10.6 Å². The van der Waals surface area contributed by atoms with E-state index in [1.165, 1.54) is 35.1 Å². The largest absolute Gasteiger partial charge is 0.349 e. The Kier molecular flexibility index (Phi) is 6.17. The van der Waals surface area contributed by atoms with Crippen LogP contribution in [0.3, 0.4) is 0 Å². The van der Waals surface area contributed by atoms with Crippen molar-refractivity contribution >= 4 is 11.8 Å². The molecule has 1 aromatic carbocycles. The lowest BCUT2D eigenvalue weighted by Gasteiger charge is -2.08. The molecule has 0 atom stereocenters. The van der Waals surface area contributed by atoms with Crippen molar-refractivity contribution in [2.24, 2.45) is 0 Å². The molecule has 2 aromatic heterocycles. The Balaban J connectivity index is 1.67. The summed E-state index contributed by atoms with van der Waals surface area (Å²) in [5.74, 6) is -1.34. The van der Waals surface area contributed by atoms with Gasteiger partial charge in [-0.2, -0.15) is 10.4 Å². The molecule has 0 fully saturated rings. The molecule has 0 aliphatic heterocycles. The van der Waals surface area contributed by atoms with Crippen molar-refractivity contribution in [3.63, 3.8) is 0 Å². The van der Waals surface area contributed by atoms with E-state index >= 15 is 0 Å².